The van der Waals surface area contributed by atoms with Crippen LogP contribution in [-0.4, -0.2) is 40.4 Å². The monoisotopic (exact) mass is 356 g/mol. The second-order valence-electron chi connectivity index (χ2n) is 6.02. The molecule has 1 saturated heterocycles. The van der Waals surface area contributed by atoms with Gasteiger partial charge in [-0.05, 0) is 62.1 Å². The Hall–Kier alpha value is -0.390. The van der Waals surface area contributed by atoms with E-state index in [1.54, 1.807) is 0 Å². The Balaban J connectivity index is 1.88. The van der Waals surface area contributed by atoms with Crippen LogP contribution < -0.4 is 5.32 Å². The standard InChI is InChI=1S/C16H29BrN4/c1-4-14-16(17)15(21(5-2)19-14)11-18-13(3)12-20-9-7-6-8-10-20/h13,18H,4-12H2,1-3H3. The van der Waals surface area contributed by atoms with E-state index in [-0.39, 0.29) is 0 Å². The summed E-state index contributed by atoms with van der Waals surface area (Å²) in [6.45, 7) is 12.1. The van der Waals surface area contributed by atoms with Gasteiger partial charge in [0.1, 0.15) is 0 Å². The first kappa shape index (κ1) is 17.0. The minimum absolute atomic E-state index is 0.514. The molecule has 0 aromatic carbocycles. The molecule has 1 atom stereocenters. The van der Waals surface area contributed by atoms with E-state index in [9.17, 15) is 0 Å². The molecular weight excluding hydrogens is 328 g/mol. The van der Waals surface area contributed by atoms with Crippen molar-refractivity contribution in [3.63, 3.8) is 0 Å². The SMILES string of the molecule is CCc1nn(CC)c(CNC(C)CN2CCCCC2)c1Br. The van der Waals surface area contributed by atoms with Crippen molar-refractivity contribution in [2.24, 2.45) is 0 Å². The molecule has 0 saturated carbocycles. The van der Waals surface area contributed by atoms with Gasteiger partial charge in [-0.2, -0.15) is 5.10 Å². The number of aryl methyl sites for hydroxylation is 2. The van der Waals surface area contributed by atoms with E-state index < -0.39 is 0 Å². The number of hydrogen-bond donors (Lipinski definition) is 1. The molecule has 5 heteroatoms. The summed E-state index contributed by atoms with van der Waals surface area (Å²) in [5, 5.41) is 8.33. The van der Waals surface area contributed by atoms with Crippen LogP contribution in [0.4, 0.5) is 0 Å². The average Bonchev–Trinajstić information content (AvgIpc) is 2.81. The molecular formula is C16H29BrN4. The molecule has 0 spiro atoms. The fraction of sp³-hybridized carbons (Fsp3) is 0.812. The van der Waals surface area contributed by atoms with Gasteiger partial charge in [0.2, 0.25) is 0 Å². The highest BCUT2D eigenvalue weighted by atomic mass is 79.9. The van der Waals surface area contributed by atoms with Gasteiger partial charge >= 0.3 is 0 Å². The molecule has 1 N–H and O–H groups in total. The molecule has 120 valence electrons. The lowest BCUT2D eigenvalue weighted by molar-refractivity contribution is 0.208. The third-order valence-electron chi connectivity index (χ3n) is 4.29. The highest BCUT2D eigenvalue weighted by molar-refractivity contribution is 9.10. The van der Waals surface area contributed by atoms with Gasteiger partial charge in [-0.25, -0.2) is 0 Å². The van der Waals surface area contributed by atoms with Gasteiger partial charge in [-0.3, -0.25) is 4.68 Å². The van der Waals surface area contributed by atoms with Crippen LogP contribution in [0, 0.1) is 0 Å². The van der Waals surface area contributed by atoms with Gasteiger partial charge in [0.15, 0.2) is 0 Å². The van der Waals surface area contributed by atoms with Crippen LogP contribution in [0.2, 0.25) is 0 Å². The van der Waals surface area contributed by atoms with Crippen molar-refractivity contribution in [2.45, 2.75) is 65.6 Å². The van der Waals surface area contributed by atoms with Crippen molar-refractivity contribution >= 4 is 15.9 Å². The highest BCUT2D eigenvalue weighted by Crippen LogP contribution is 2.22. The Morgan fingerprint density at radius 1 is 1.24 bits per heavy atom. The van der Waals surface area contributed by atoms with Gasteiger partial charge < -0.3 is 10.2 Å². The average molecular weight is 357 g/mol. The van der Waals surface area contributed by atoms with Crippen LogP contribution in [0.15, 0.2) is 4.47 Å². The number of nitrogens with one attached hydrogen (secondary N) is 1. The van der Waals surface area contributed by atoms with E-state index in [2.05, 4.69) is 56.7 Å². The minimum atomic E-state index is 0.514. The Kier molecular flexibility index (Phi) is 6.71. The highest BCUT2D eigenvalue weighted by Gasteiger charge is 2.16. The number of hydrogen-bond acceptors (Lipinski definition) is 3. The van der Waals surface area contributed by atoms with Gasteiger partial charge in [-0.15, -0.1) is 0 Å². The number of piperidine rings is 1. The first-order valence-electron chi connectivity index (χ1n) is 8.35. The van der Waals surface area contributed by atoms with Crippen LogP contribution >= 0.6 is 15.9 Å². The van der Waals surface area contributed by atoms with Crippen molar-refractivity contribution in [2.75, 3.05) is 19.6 Å². The maximum absolute atomic E-state index is 4.66. The quantitative estimate of drug-likeness (QED) is 0.814. The molecule has 2 heterocycles. The number of nitrogens with zero attached hydrogens (tertiary/aromatic N) is 3. The topological polar surface area (TPSA) is 33.1 Å². The summed E-state index contributed by atoms with van der Waals surface area (Å²) in [6, 6.07) is 0.514. The van der Waals surface area contributed by atoms with Crippen LogP contribution in [0.5, 0.6) is 0 Å². The van der Waals surface area contributed by atoms with Crippen LogP contribution in [0.25, 0.3) is 0 Å². The summed E-state index contributed by atoms with van der Waals surface area (Å²) in [7, 11) is 0. The van der Waals surface area contributed by atoms with Gasteiger partial charge in [0.05, 0.1) is 15.9 Å². The Labute approximate surface area is 137 Å². The Bertz CT molecular complexity index is 438. The molecule has 0 radical (unpaired) electrons. The summed E-state index contributed by atoms with van der Waals surface area (Å²) < 4.78 is 3.30. The fourth-order valence-electron chi connectivity index (χ4n) is 3.05. The maximum atomic E-state index is 4.66. The molecule has 1 fully saturated rings. The zero-order valence-corrected chi connectivity index (χ0v) is 15.2. The third-order valence-corrected chi connectivity index (χ3v) is 5.21. The van der Waals surface area contributed by atoms with Crippen molar-refractivity contribution < 1.29 is 0 Å². The lowest BCUT2D eigenvalue weighted by atomic mass is 10.1. The van der Waals surface area contributed by atoms with E-state index in [1.165, 1.54) is 42.5 Å². The van der Waals surface area contributed by atoms with E-state index in [0.717, 1.165) is 31.7 Å². The first-order valence-corrected chi connectivity index (χ1v) is 9.14. The zero-order chi connectivity index (χ0) is 15.2. The molecule has 2 rings (SSSR count). The summed E-state index contributed by atoms with van der Waals surface area (Å²) in [4.78, 5) is 2.59. The smallest absolute Gasteiger partial charge is 0.0767 e. The molecule has 4 nitrogen and oxygen atoms in total. The normalized spacial score (nSPS) is 18.1. The van der Waals surface area contributed by atoms with Crippen molar-refractivity contribution in [3.8, 4) is 0 Å². The molecule has 1 aliphatic heterocycles. The van der Waals surface area contributed by atoms with Crippen LogP contribution in [-0.2, 0) is 19.5 Å². The molecule has 21 heavy (non-hydrogen) atoms. The summed E-state index contributed by atoms with van der Waals surface area (Å²) in [5.41, 5.74) is 2.44. The molecule has 0 aliphatic carbocycles. The molecule has 1 aromatic rings. The largest absolute Gasteiger partial charge is 0.307 e. The summed E-state index contributed by atoms with van der Waals surface area (Å²) in [6.07, 6.45) is 5.10. The summed E-state index contributed by atoms with van der Waals surface area (Å²) >= 11 is 3.72. The van der Waals surface area contributed by atoms with Crippen LogP contribution in [0.1, 0.15) is 51.4 Å². The van der Waals surface area contributed by atoms with E-state index >= 15 is 0 Å². The van der Waals surface area contributed by atoms with E-state index in [0.29, 0.717) is 6.04 Å². The second kappa shape index (κ2) is 8.30. The number of rotatable bonds is 7. The molecule has 1 aromatic heterocycles. The first-order chi connectivity index (χ1) is 10.2. The van der Waals surface area contributed by atoms with Crippen molar-refractivity contribution in [1.82, 2.24) is 20.0 Å². The minimum Gasteiger partial charge on any atom is -0.307 e. The van der Waals surface area contributed by atoms with Crippen molar-refractivity contribution in [3.05, 3.63) is 15.9 Å². The zero-order valence-electron chi connectivity index (χ0n) is 13.7. The molecule has 1 unspecified atom stereocenters. The van der Waals surface area contributed by atoms with Crippen LogP contribution in [0.3, 0.4) is 0 Å². The Morgan fingerprint density at radius 3 is 2.57 bits per heavy atom. The lowest BCUT2D eigenvalue weighted by Gasteiger charge is -2.29. The molecule has 1 aliphatic rings. The van der Waals surface area contributed by atoms with Gasteiger partial charge in [0.25, 0.3) is 0 Å². The van der Waals surface area contributed by atoms with E-state index in [1.807, 2.05) is 0 Å². The van der Waals surface area contributed by atoms with Crippen molar-refractivity contribution in [1.29, 1.82) is 0 Å². The fourth-order valence-corrected chi connectivity index (χ4v) is 3.76. The third kappa shape index (κ3) is 4.54. The Morgan fingerprint density at radius 2 is 1.95 bits per heavy atom. The van der Waals surface area contributed by atoms with Gasteiger partial charge in [-0.1, -0.05) is 13.3 Å². The maximum Gasteiger partial charge on any atom is 0.0767 e. The van der Waals surface area contributed by atoms with E-state index in [4.69, 9.17) is 0 Å². The molecule has 0 bridgehead atoms. The predicted octanol–water partition coefficient (Wildman–Crippen LogP) is 3.19. The van der Waals surface area contributed by atoms with Gasteiger partial charge in [0, 0.05) is 25.7 Å². The lowest BCUT2D eigenvalue weighted by Crippen LogP contribution is -2.41. The number of aromatic nitrogens is 2. The number of likely N-dealkylation sites (tertiary alicyclic amines) is 1. The second-order valence-corrected chi connectivity index (χ2v) is 6.81. The summed E-state index contributed by atoms with van der Waals surface area (Å²) in [5.74, 6) is 0. The molecule has 0 amide bonds. The number of halogens is 1. The predicted molar refractivity (Wildman–Crippen MR) is 91.6 cm³/mol.